The Balaban J connectivity index is 2.15. The number of hydrogen-bond donors (Lipinski definition) is 1. The normalized spacial score (nSPS) is 10.9. The third kappa shape index (κ3) is 2.40. The van der Waals surface area contributed by atoms with Gasteiger partial charge in [0.25, 0.3) is 0 Å². The molecular weight excluding hydrogens is 288 g/mol. The van der Waals surface area contributed by atoms with Crippen molar-refractivity contribution in [1.29, 1.82) is 0 Å². The highest BCUT2D eigenvalue weighted by Crippen LogP contribution is 2.34. The zero-order valence-electron chi connectivity index (χ0n) is 11.8. The Bertz CT molecular complexity index is 810. The molecule has 0 bridgehead atoms. The molecule has 0 aliphatic rings. The van der Waals surface area contributed by atoms with Crippen molar-refractivity contribution in [2.75, 3.05) is 0 Å². The number of halogens is 2. The van der Waals surface area contributed by atoms with Crippen molar-refractivity contribution >= 4 is 0 Å². The number of aryl methyl sites for hydroxylation is 1. The predicted octanol–water partition coefficient (Wildman–Crippen LogP) is 4.09. The maximum atomic E-state index is 13.9. The Labute approximate surface area is 125 Å². The van der Waals surface area contributed by atoms with E-state index in [4.69, 9.17) is 4.52 Å². The van der Waals surface area contributed by atoms with E-state index in [1.54, 1.807) is 0 Å². The maximum absolute atomic E-state index is 13.9. The van der Waals surface area contributed by atoms with Gasteiger partial charge in [0.2, 0.25) is 0 Å². The van der Waals surface area contributed by atoms with Crippen molar-refractivity contribution in [2.24, 2.45) is 0 Å². The van der Waals surface area contributed by atoms with E-state index in [-0.39, 0.29) is 11.3 Å². The van der Waals surface area contributed by atoms with E-state index in [2.05, 4.69) is 5.16 Å². The van der Waals surface area contributed by atoms with Gasteiger partial charge in [-0.1, -0.05) is 41.1 Å². The van der Waals surface area contributed by atoms with Crippen LogP contribution in [0.2, 0.25) is 0 Å². The highest BCUT2D eigenvalue weighted by molar-refractivity contribution is 5.72. The Kier molecular flexibility index (Phi) is 3.73. The molecule has 1 heterocycles. The number of aliphatic hydroxyl groups is 1. The van der Waals surface area contributed by atoms with Crippen LogP contribution in [0.4, 0.5) is 8.78 Å². The van der Waals surface area contributed by atoms with E-state index >= 15 is 0 Å². The van der Waals surface area contributed by atoms with E-state index in [1.165, 1.54) is 12.1 Å². The van der Waals surface area contributed by atoms with E-state index in [0.717, 1.165) is 11.6 Å². The summed E-state index contributed by atoms with van der Waals surface area (Å²) in [6.07, 6.45) is 0. The highest BCUT2D eigenvalue weighted by atomic mass is 19.2. The van der Waals surface area contributed by atoms with Crippen molar-refractivity contribution in [3.8, 4) is 22.6 Å². The van der Waals surface area contributed by atoms with Gasteiger partial charge in [0.1, 0.15) is 5.69 Å². The summed E-state index contributed by atoms with van der Waals surface area (Å²) in [4.78, 5) is 0. The molecule has 0 aliphatic carbocycles. The van der Waals surface area contributed by atoms with E-state index < -0.39 is 18.2 Å². The smallest absolute Gasteiger partial charge is 0.173 e. The summed E-state index contributed by atoms with van der Waals surface area (Å²) in [5, 5.41) is 13.4. The first-order valence-electron chi connectivity index (χ1n) is 6.72. The topological polar surface area (TPSA) is 46.3 Å². The molecule has 0 spiro atoms. The van der Waals surface area contributed by atoms with Crippen molar-refractivity contribution in [3.63, 3.8) is 0 Å². The fourth-order valence-corrected chi connectivity index (χ4v) is 2.29. The summed E-state index contributed by atoms with van der Waals surface area (Å²) < 4.78 is 32.6. The molecule has 22 heavy (non-hydrogen) atoms. The van der Waals surface area contributed by atoms with Crippen LogP contribution in [0, 0.1) is 18.6 Å². The third-order valence-electron chi connectivity index (χ3n) is 3.47. The number of aromatic nitrogens is 1. The second-order valence-electron chi connectivity index (χ2n) is 4.96. The van der Waals surface area contributed by atoms with Gasteiger partial charge in [-0.05, 0) is 19.1 Å². The molecule has 0 radical (unpaired) electrons. The van der Waals surface area contributed by atoms with Crippen LogP contribution in [0.3, 0.4) is 0 Å². The van der Waals surface area contributed by atoms with E-state index in [1.807, 2.05) is 31.2 Å². The molecule has 112 valence electrons. The molecule has 3 rings (SSSR count). The average molecular weight is 301 g/mol. The van der Waals surface area contributed by atoms with Crippen LogP contribution in [0.5, 0.6) is 0 Å². The van der Waals surface area contributed by atoms with Gasteiger partial charge < -0.3 is 9.63 Å². The molecule has 0 saturated heterocycles. The monoisotopic (exact) mass is 301 g/mol. The van der Waals surface area contributed by atoms with Gasteiger partial charge >= 0.3 is 0 Å². The van der Waals surface area contributed by atoms with Crippen molar-refractivity contribution in [1.82, 2.24) is 5.16 Å². The van der Waals surface area contributed by atoms with Crippen molar-refractivity contribution in [3.05, 3.63) is 65.2 Å². The lowest BCUT2D eigenvalue weighted by Gasteiger charge is -2.03. The number of rotatable bonds is 3. The third-order valence-corrected chi connectivity index (χ3v) is 3.47. The van der Waals surface area contributed by atoms with Gasteiger partial charge in [-0.3, -0.25) is 0 Å². The Morgan fingerprint density at radius 2 is 1.82 bits per heavy atom. The quantitative estimate of drug-likeness (QED) is 0.792. The number of hydrogen-bond acceptors (Lipinski definition) is 3. The average Bonchev–Trinajstić information content (AvgIpc) is 2.94. The van der Waals surface area contributed by atoms with Crippen LogP contribution in [0.25, 0.3) is 22.6 Å². The van der Waals surface area contributed by atoms with Crippen LogP contribution in [-0.2, 0) is 6.61 Å². The summed E-state index contributed by atoms with van der Waals surface area (Å²) in [6, 6.07) is 11.2. The summed E-state index contributed by atoms with van der Waals surface area (Å²) in [5.41, 5.74) is 2.19. The summed E-state index contributed by atoms with van der Waals surface area (Å²) in [6.45, 7) is 1.56. The second-order valence-corrected chi connectivity index (χ2v) is 4.96. The van der Waals surface area contributed by atoms with Gasteiger partial charge in [-0.15, -0.1) is 0 Å². The molecule has 0 unspecified atom stereocenters. The van der Waals surface area contributed by atoms with Crippen molar-refractivity contribution in [2.45, 2.75) is 13.5 Å². The molecule has 3 aromatic rings. The lowest BCUT2D eigenvalue weighted by atomic mass is 10.0. The lowest BCUT2D eigenvalue weighted by Crippen LogP contribution is -1.94. The standard InChI is InChI=1S/C17H13F2NO2/c1-10-5-7-11(8-6-10)17-13(9-21)16(20-22-17)12-3-2-4-14(18)15(12)19/h2-8,21H,9H2,1H3. The molecule has 3 nitrogen and oxygen atoms in total. The van der Waals surface area contributed by atoms with E-state index in [0.29, 0.717) is 16.9 Å². The van der Waals surface area contributed by atoms with E-state index in [9.17, 15) is 13.9 Å². The first-order valence-corrected chi connectivity index (χ1v) is 6.72. The van der Waals surface area contributed by atoms with Crippen LogP contribution in [-0.4, -0.2) is 10.3 Å². The Hall–Kier alpha value is -2.53. The van der Waals surface area contributed by atoms with Crippen molar-refractivity contribution < 1.29 is 18.4 Å². The number of aliphatic hydroxyl groups excluding tert-OH is 1. The summed E-state index contributed by atoms with van der Waals surface area (Å²) >= 11 is 0. The zero-order chi connectivity index (χ0) is 15.7. The van der Waals surface area contributed by atoms with Gasteiger partial charge in [0.05, 0.1) is 12.2 Å². The number of benzene rings is 2. The molecule has 0 fully saturated rings. The SMILES string of the molecule is Cc1ccc(-c2onc(-c3cccc(F)c3F)c2CO)cc1. The molecule has 1 N–H and O–H groups in total. The highest BCUT2D eigenvalue weighted by Gasteiger charge is 2.21. The molecule has 5 heteroatoms. The minimum absolute atomic E-state index is 0.0360. The Morgan fingerprint density at radius 3 is 2.50 bits per heavy atom. The van der Waals surface area contributed by atoms with Gasteiger partial charge in [-0.25, -0.2) is 8.78 Å². The zero-order valence-corrected chi connectivity index (χ0v) is 11.8. The molecule has 0 atom stereocenters. The van der Waals surface area contributed by atoms with Gasteiger partial charge in [0.15, 0.2) is 17.4 Å². The van der Waals surface area contributed by atoms with Crippen LogP contribution >= 0.6 is 0 Å². The summed E-state index contributed by atoms with van der Waals surface area (Å²) in [5.74, 6) is -1.64. The molecule has 0 amide bonds. The first-order chi connectivity index (χ1) is 10.6. The molecule has 0 saturated carbocycles. The fraction of sp³-hybridized carbons (Fsp3) is 0.118. The van der Waals surface area contributed by atoms with Gasteiger partial charge in [-0.2, -0.15) is 0 Å². The van der Waals surface area contributed by atoms with Crippen LogP contribution < -0.4 is 0 Å². The number of nitrogens with zero attached hydrogens (tertiary/aromatic N) is 1. The van der Waals surface area contributed by atoms with Crippen LogP contribution in [0.1, 0.15) is 11.1 Å². The molecular formula is C17H13F2NO2. The van der Waals surface area contributed by atoms with Crippen LogP contribution in [0.15, 0.2) is 47.0 Å². The fourth-order valence-electron chi connectivity index (χ4n) is 2.29. The predicted molar refractivity (Wildman–Crippen MR) is 78.0 cm³/mol. The maximum Gasteiger partial charge on any atom is 0.173 e. The lowest BCUT2D eigenvalue weighted by molar-refractivity contribution is 0.281. The molecule has 0 aliphatic heterocycles. The summed E-state index contributed by atoms with van der Waals surface area (Å²) in [7, 11) is 0. The largest absolute Gasteiger partial charge is 0.391 e. The van der Waals surface area contributed by atoms with Gasteiger partial charge in [0, 0.05) is 11.1 Å². The first kappa shape index (κ1) is 14.4. The molecule has 1 aromatic heterocycles. The second kappa shape index (κ2) is 5.69. The molecule has 2 aromatic carbocycles. The Morgan fingerprint density at radius 1 is 1.09 bits per heavy atom. The minimum Gasteiger partial charge on any atom is -0.391 e. The minimum atomic E-state index is -1.01.